The van der Waals surface area contributed by atoms with Crippen molar-refractivity contribution < 1.29 is 5.11 Å². The molecule has 0 spiro atoms. The van der Waals surface area contributed by atoms with Crippen LogP contribution in [0.4, 0.5) is 0 Å². The lowest BCUT2D eigenvalue weighted by Crippen LogP contribution is -1.84. The highest BCUT2D eigenvalue weighted by atomic mass is 16.3. The summed E-state index contributed by atoms with van der Waals surface area (Å²) in [6.07, 6.45) is 3.28. The molecule has 2 aromatic heterocycles. The summed E-state index contributed by atoms with van der Waals surface area (Å²) >= 11 is 0. The summed E-state index contributed by atoms with van der Waals surface area (Å²) in [5.74, 6) is 0.184. The molecule has 0 unspecified atom stereocenters. The van der Waals surface area contributed by atoms with Crippen LogP contribution in [0.3, 0.4) is 0 Å². The summed E-state index contributed by atoms with van der Waals surface area (Å²) in [7, 11) is 0. The minimum Gasteiger partial charge on any atom is -0.493 e. The average molecular weight is 148 g/mol. The minimum atomic E-state index is 0.184. The molecule has 56 valence electrons. The van der Waals surface area contributed by atoms with E-state index in [0.717, 1.165) is 11.2 Å². The summed E-state index contributed by atoms with van der Waals surface area (Å²) in [5, 5.41) is 9.24. The summed E-state index contributed by atoms with van der Waals surface area (Å²) < 4.78 is 1.65. The summed E-state index contributed by atoms with van der Waals surface area (Å²) in [6, 6.07) is 3.83. The van der Waals surface area contributed by atoms with Crippen molar-refractivity contribution in [2.45, 2.75) is 6.92 Å². The van der Waals surface area contributed by atoms with E-state index in [1.54, 1.807) is 4.40 Å². The molecule has 2 rings (SSSR count). The van der Waals surface area contributed by atoms with Crippen molar-refractivity contribution in [3.05, 3.63) is 30.1 Å². The van der Waals surface area contributed by atoms with Gasteiger partial charge in [-0.3, -0.25) is 4.40 Å². The molecule has 0 aliphatic carbocycles. The van der Waals surface area contributed by atoms with Crippen molar-refractivity contribution >= 4 is 5.65 Å². The molecule has 0 aliphatic heterocycles. The number of imidazole rings is 1. The fourth-order valence-electron chi connectivity index (χ4n) is 1.07. The second-order valence-corrected chi connectivity index (χ2v) is 2.55. The van der Waals surface area contributed by atoms with Crippen molar-refractivity contribution in [2.24, 2.45) is 0 Å². The Morgan fingerprint density at radius 3 is 3.09 bits per heavy atom. The highest BCUT2D eigenvalue weighted by molar-refractivity contribution is 5.42. The molecule has 3 nitrogen and oxygen atoms in total. The number of aromatic hydroxyl groups is 1. The van der Waals surface area contributed by atoms with Crippen LogP contribution < -0.4 is 0 Å². The third-order valence-corrected chi connectivity index (χ3v) is 1.63. The van der Waals surface area contributed by atoms with E-state index >= 15 is 0 Å². The molecule has 0 amide bonds. The van der Waals surface area contributed by atoms with Crippen molar-refractivity contribution in [3.8, 4) is 5.88 Å². The standard InChI is InChI=1S/C8H8N2O/c1-6-2-3-7-9-4-8(11)10(7)5-6/h2-5,11H,1H3. The maximum Gasteiger partial charge on any atom is 0.215 e. The zero-order valence-electron chi connectivity index (χ0n) is 6.15. The van der Waals surface area contributed by atoms with E-state index in [1.165, 1.54) is 6.20 Å². The number of aryl methyl sites for hydroxylation is 1. The highest BCUT2D eigenvalue weighted by Gasteiger charge is 1.98. The predicted octanol–water partition coefficient (Wildman–Crippen LogP) is 1.35. The molecule has 0 aliphatic rings. The lowest BCUT2D eigenvalue weighted by atomic mass is 10.3. The Bertz CT molecular complexity index is 392. The Labute approximate surface area is 63.9 Å². The first-order chi connectivity index (χ1) is 5.27. The van der Waals surface area contributed by atoms with Crippen LogP contribution in [0.25, 0.3) is 5.65 Å². The molecule has 2 aromatic rings. The molecule has 0 fully saturated rings. The topological polar surface area (TPSA) is 37.5 Å². The van der Waals surface area contributed by atoms with Gasteiger partial charge in [0.1, 0.15) is 5.65 Å². The van der Waals surface area contributed by atoms with E-state index in [0.29, 0.717) is 0 Å². The second kappa shape index (κ2) is 1.99. The van der Waals surface area contributed by atoms with Gasteiger partial charge in [-0.2, -0.15) is 0 Å². The summed E-state index contributed by atoms with van der Waals surface area (Å²) in [6.45, 7) is 1.97. The molecule has 2 heterocycles. The van der Waals surface area contributed by atoms with Gasteiger partial charge in [-0.15, -0.1) is 0 Å². The van der Waals surface area contributed by atoms with Crippen molar-refractivity contribution in [1.29, 1.82) is 0 Å². The molecule has 0 radical (unpaired) electrons. The van der Waals surface area contributed by atoms with Crippen LogP contribution in [0.1, 0.15) is 5.56 Å². The fourth-order valence-corrected chi connectivity index (χ4v) is 1.07. The molecule has 0 saturated heterocycles. The number of fused-ring (bicyclic) bond motifs is 1. The van der Waals surface area contributed by atoms with Gasteiger partial charge in [-0.1, -0.05) is 6.07 Å². The van der Waals surface area contributed by atoms with Crippen LogP contribution in [-0.4, -0.2) is 14.5 Å². The molecule has 0 atom stereocenters. The predicted molar refractivity (Wildman–Crippen MR) is 41.6 cm³/mol. The van der Waals surface area contributed by atoms with Gasteiger partial charge in [0, 0.05) is 6.20 Å². The van der Waals surface area contributed by atoms with Gasteiger partial charge in [0.25, 0.3) is 0 Å². The Morgan fingerprint density at radius 2 is 2.27 bits per heavy atom. The SMILES string of the molecule is Cc1ccc2ncc(O)n2c1. The Hall–Kier alpha value is -1.51. The van der Waals surface area contributed by atoms with Crippen molar-refractivity contribution in [3.63, 3.8) is 0 Å². The van der Waals surface area contributed by atoms with E-state index in [-0.39, 0.29) is 5.88 Å². The lowest BCUT2D eigenvalue weighted by molar-refractivity contribution is 0.448. The van der Waals surface area contributed by atoms with Gasteiger partial charge in [0.2, 0.25) is 5.88 Å². The highest BCUT2D eigenvalue weighted by Crippen LogP contribution is 2.12. The maximum atomic E-state index is 9.24. The van der Waals surface area contributed by atoms with Crippen LogP contribution in [-0.2, 0) is 0 Å². The van der Waals surface area contributed by atoms with Gasteiger partial charge in [-0.05, 0) is 18.6 Å². The number of hydrogen-bond donors (Lipinski definition) is 1. The monoisotopic (exact) mass is 148 g/mol. The van der Waals surface area contributed by atoms with Gasteiger partial charge in [0.15, 0.2) is 0 Å². The van der Waals surface area contributed by atoms with Gasteiger partial charge in [0.05, 0.1) is 6.20 Å². The van der Waals surface area contributed by atoms with E-state index in [9.17, 15) is 5.11 Å². The van der Waals surface area contributed by atoms with E-state index in [4.69, 9.17) is 0 Å². The first-order valence-electron chi connectivity index (χ1n) is 3.40. The summed E-state index contributed by atoms with van der Waals surface area (Å²) in [5.41, 5.74) is 1.87. The van der Waals surface area contributed by atoms with E-state index in [2.05, 4.69) is 4.98 Å². The third kappa shape index (κ3) is 0.852. The van der Waals surface area contributed by atoms with Gasteiger partial charge >= 0.3 is 0 Å². The van der Waals surface area contributed by atoms with Crippen LogP contribution >= 0.6 is 0 Å². The zero-order valence-corrected chi connectivity index (χ0v) is 6.15. The molecule has 1 N–H and O–H groups in total. The quantitative estimate of drug-likeness (QED) is 0.612. The maximum absolute atomic E-state index is 9.24. The molecule has 11 heavy (non-hydrogen) atoms. The molecular formula is C8H8N2O. The Balaban J connectivity index is 2.87. The van der Waals surface area contributed by atoms with Crippen molar-refractivity contribution in [1.82, 2.24) is 9.38 Å². The number of pyridine rings is 1. The normalized spacial score (nSPS) is 10.6. The van der Waals surface area contributed by atoms with E-state index < -0.39 is 0 Å². The van der Waals surface area contributed by atoms with Gasteiger partial charge in [-0.25, -0.2) is 4.98 Å². The van der Waals surface area contributed by atoms with Crippen molar-refractivity contribution in [2.75, 3.05) is 0 Å². The minimum absolute atomic E-state index is 0.184. The largest absolute Gasteiger partial charge is 0.493 e. The molecule has 3 heteroatoms. The number of rotatable bonds is 0. The van der Waals surface area contributed by atoms with E-state index in [1.807, 2.05) is 25.3 Å². The molecule has 0 saturated carbocycles. The molecular weight excluding hydrogens is 140 g/mol. The second-order valence-electron chi connectivity index (χ2n) is 2.55. The first-order valence-corrected chi connectivity index (χ1v) is 3.40. The fraction of sp³-hybridized carbons (Fsp3) is 0.125. The Kier molecular flexibility index (Phi) is 1.12. The third-order valence-electron chi connectivity index (χ3n) is 1.63. The zero-order chi connectivity index (χ0) is 7.84. The molecule has 0 aromatic carbocycles. The number of nitrogens with zero attached hydrogens (tertiary/aromatic N) is 2. The number of hydrogen-bond acceptors (Lipinski definition) is 2. The average Bonchev–Trinajstić information content (AvgIpc) is 2.33. The first kappa shape index (κ1) is 6.22. The lowest BCUT2D eigenvalue weighted by Gasteiger charge is -1.95. The Morgan fingerprint density at radius 1 is 1.45 bits per heavy atom. The molecule has 0 bridgehead atoms. The summed E-state index contributed by atoms with van der Waals surface area (Å²) in [4.78, 5) is 3.97. The van der Waals surface area contributed by atoms with Crippen LogP contribution in [0.2, 0.25) is 0 Å². The van der Waals surface area contributed by atoms with Gasteiger partial charge < -0.3 is 5.11 Å². The number of aromatic nitrogens is 2. The van der Waals surface area contributed by atoms with Crippen LogP contribution in [0.15, 0.2) is 24.5 Å². The van der Waals surface area contributed by atoms with Crippen LogP contribution in [0.5, 0.6) is 5.88 Å². The van der Waals surface area contributed by atoms with Crippen LogP contribution in [0, 0.1) is 6.92 Å². The smallest absolute Gasteiger partial charge is 0.215 e.